The van der Waals surface area contributed by atoms with E-state index in [1.54, 1.807) is 16.4 Å². The number of piperazine rings is 1. The van der Waals surface area contributed by atoms with Crippen LogP contribution >= 0.6 is 11.6 Å². The lowest BCUT2D eigenvalue weighted by Gasteiger charge is -2.34. The van der Waals surface area contributed by atoms with E-state index in [1.165, 1.54) is 5.56 Å². The molecule has 136 valence electrons. The first-order valence-electron chi connectivity index (χ1n) is 8.79. The molecule has 2 aromatic carbocycles. The van der Waals surface area contributed by atoms with Crippen molar-refractivity contribution in [3.8, 4) is 0 Å². The molecule has 0 saturated carbocycles. The molecule has 2 aromatic rings. The largest absolute Gasteiger partial charge is 0.296 e. The van der Waals surface area contributed by atoms with Gasteiger partial charge in [0, 0.05) is 37.7 Å². The van der Waals surface area contributed by atoms with E-state index >= 15 is 0 Å². The molecule has 0 bridgehead atoms. The highest BCUT2D eigenvalue weighted by atomic mass is 35.5. The molecule has 0 radical (unpaired) electrons. The summed E-state index contributed by atoms with van der Waals surface area (Å²) in [7, 11) is -3.44. The van der Waals surface area contributed by atoms with Gasteiger partial charge in [-0.05, 0) is 41.3 Å². The number of fused-ring (bicyclic) bond motifs is 1. The molecule has 1 aliphatic carbocycles. The van der Waals surface area contributed by atoms with Crippen molar-refractivity contribution in [2.45, 2.75) is 17.9 Å². The molecule has 1 heterocycles. The van der Waals surface area contributed by atoms with Crippen LogP contribution in [0.2, 0.25) is 5.02 Å². The van der Waals surface area contributed by atoms with Crippen molar-refractivity contribution in [2.24, 2.45) is 0 Å². The minimum atomic E-state index is -3.44. The predicted octanol–water partition coefficient (Wildman–Crippen LogP) is 3.42. The summed E-state index contributed by atoms with van der Waals surface area (Å²) in [5.74, 6) is 0. The summed E-state index contributed by atoms with van der Waals surface area (Å²) in [6.45, 7) is 3.15. The number of halogens is 1. The maximum atomic E-state index is 13.0. The molecule has 1 fully saturated rings. The molecule has 0 spiro atoms. The normalized spacial score (nSPS) is 18.2. The van der Waals surface area contributed by atoms with E-state index in [9.17, 15) is 8.42 Å². The number of benzene rings is 2. The Kier molecular flexibility index (Phi) is 4.88. The maximum Gasteiger partial charge on any atom is 0.243 e. The average Bonchev–Trinajstić information content (AvgIpc) is 3.12. The van der Waals surface area contributed by atoms with Crippen LogP contribution in [-0.2, 0) is 23.0 Å². The van der Waals surface area contributed by atoms with Crippen LogP contribution in [0.4, 0.5) is 0 Å². The highest BCUT2D eigenvalue weighted by Crippen LogP contribution is 2.26. The topological polar surface area (TPSA) is 40.6 Å². The molecule has 0 aromatic heterocycles. The number of sulfonamides is 1. The molecule has 0 atom stereocenters. The SMILES string of the molecule is O=S(=O)(c1ccc2c(c1)C=CC2)N1CCN(Cc2ccccc2Cl)CC1. The smallest absolute Gasteiger partial charge is 0.243 e. The van der Waals surface area contributed by atoms with Crippen molar-refractivity contribution in [3.63, 3.8) is 0 Å². The summed E-state index contributed by atoms with van der Waals surface area (Å²) in [4.78, 5) is 2.64. The zero-order valence-corrected chi connectivity index (χ0v) is 16.0. The van der Waals surface area contributed by atoms with Gasteiger partial charge in [-0.3, -0.25) is 4.90 Å². The lowest BCUT2D eigenvalue weighted by Crippen LogP contribution is -2.48. The lowest BCUT2D eigenvalue weighted by atomic mass is 10.1. The van der Waals surface area contributed by atoms with E-state index in [1.807, 2.05) is 36.4 Å². The first-order chi connectivity index (χ1) is 12.5. The summed E-state index contributed by atoms with van der Waals surface area (Å²) >= 11 is 6.23. The van der Waals surface area contributed by atoms with Crippen LogP contribution in [0.3, 0.4) is 0 Å². The summed E-state index contributed by atoms with van der Waals surface area (Å²) in [6.07, 6.45) is 4.95. The Hall–Kier alpha value is -1.66. The second-order valence-electron chi connectivity index (χ2n) is 6.74. The van der Waals surface area contributed by atoms with Crippen LogP contribution in [0.1, 0.15) is 16.7 Å². The predicted molar refractivity (Wildman–Crippen MR) is 105 cm³/mol. The minimum absolute atomic E-state index is 0.391. The van der Waals surface area contributed by atoms with E-state index in [-0.39, 0.29) is 0 Å². The number of hydrogen-bond donors (Lipinski definition) is 0. The highest BCUT2D eigenvalue weighted by molar-refractivity contribution is 7.89. The third kappa shape index (κ3) is 3.45. The van der Waals surface area contributed by atoms with Crippen molar-refractivity contribution >= 4 is 27.7 Å². The summed E-state index contributed by atoms with van der Waals surface area (Å²) in [5.41, 5.74) is 3.29. The molecule has 4 nitrogen and oxygen atoms in total. The van der Waals surface area contributed by atoms with Gasteiger partial charge >= 0.3 is 0 Å². The summed E-state index contributed by atoms with van der Waals surface area (Å²) < 4.78 is 27.5. The number of hydrogen-bond acceptors (Lipinski definition) is 3. The molecule has 4 rings (SSSR count). The van der Waals surface area contributed by atoms with E-state index in [0.29, 0.717) is 31.1 Å². The molecular weight excluding hydrogens is 368 g/mol. The third-order valence-electron chi connectivity index (χ3n) is 5.07. The van der Waals surface area contributed by atoms with Gasteiger partial charge in [0.25, 0.3) is 0 Å². The fourth-order valence-electron chi connectivity index (χ4n) is 3.53. The first-order valence-corrected chi connectivity index (χ1v) is 10.6. The van der Waals surface area contributed by atoms with Crippen LogP contribution in [0.15, 0.2) is 53.4 Å². The Morgan fingerprint density at radius 3 is 2.54 bits per heavy atom. The maximum absolute atomic E-state index is 13.0. The van der Waals surface area contributed by atoms with E-state index in [2.05, 4.69) is 11.0 Å². The van der Waals surface area contributed by atoms with Gasteiger partial charge in [0.1, 0.15) is 0 Å². The van der Waals surface area contributed by atoms with Crippen molar-refractivity contribution in [1.82, 2.24) is 9.21 Å². The minimum Gasteiger partial charge on any atom is -0.296 e. The monoisotopic (exact) mass is 388 g/mol. The fourth-order valence-corrected chi connectivity index (χ4v) is 5.19. The standard InChI is InChI=1S/C20H21ClN2O2S/c21-20-7-2-1-4-18(20)15-22-10-12-23(13-11-22)26(24,25)19-9-8-16-5-3-6-17(16)14-19/h1-4,6-9,14H,5,10-13,15H2. The Labute approximate surface area is 159 Å². The molecule has 6 heteroatoms. The van der Waals surface area contributed by atoms with Crippen molar-refractivity contribution < 1.29 is 8.42 Å². The van der Waals surface area contributed by atoms with E-state index in [4.69, 9.17) is 11.6 Å². The van der Waals surface area contributed by atoms with Gasteiger partial charge in [-0.15, -0.1) is 0 Å². The van der Waals surface area contributed by atoms with E-state index < -0.39 is 10.0 Å². The van der Waals surface area contributed by atoms with Gasteiger partial charge in [-0.2, -0.15) is 4.31 Å². The van der Waals surface area contributed by atoms with Gasteiger partial charge in [0.05, 0.1) is 4.90 Å². The molecule has 2 aliphatic rings. The van der Waals surface area contributed by atoms with Crippen molar-refractivity contribution in [2.75, 3.05) is 26.2 Å². The Morgan fingerprint density at radius 2 is 1.77 bits per heavy atom. The average molecular weight is 389 g/mol. The van der Waals surface area contributed by atoms with Gasteiger partial charge in [-0.25, -0.2) is 8.42 Å². The Bertz CT molecular complexity index is 948. The van der Waals surface area contributed by atoms with Gasteiger partial charge in [0.15, 0.2) is 0 Å². The molecular formula is C20H21ClN2O2S. The Balaban J connectivity index is 1.44. The summed E-state index contributed by atoms with van der Waals surface area (Å²) in [5, 5.41) is 0.758. The van der Waals surface area contributed by atoms with Crippen LogP contribution in [-0.4, -0.2) is 43.8 Å². The van der Waals surface area contributed by atoms with Gasteiger partial charge < -0.3 is 0 Å². The van der Waals surface area contributed by atoms with E-state index in [0.717, 1.165) is 29.1 Å². The fraction of sp³-hybridized carbons (Fsp3) is 0.300. The molecule has 26 heavy (non-hydrogen) atoms. The summed E-state index contributed by atoms with van der Waals surface area (Å²) in [6, 6.07) is 13.3. The number of rotatable bonds is 4. The van der Waals surface area contributed by atoms with Gasteiger partial charge in [0.2, 0.25) is 10.0 Å². The molecule has 1 aliphatic heterocycles. The number of allylic oxidation sites excluding steroid dienone is 1. The van der Waals surface area contributed by atoms with Crippen molar-refractivity contribution in [1.29, 1.82) is 0 Å². The quantitative estimate of drug-likeness (QED) is 0.805. The van der Waals surface area contributed by atoms with Crippen LogP contribution < -0.4 is 0 Å². The van der Waals surface area contributed by atoms with Crippen LogP contribution in [0.5, 0.6) is 0 Å². The second-order valence-corrected chi connectivity index (χ2v) is 9.08. The molecule has 1 saturated heterocycles. The highest BCUT2D eigenvalue weighted by Gasteiger charge is 2.29. The zero-order valence-electron chi connectivity index (χ0n) is 14.4. The zero-order chi connectivity index (χ0) is 18.1. The third-order valence-corrected chi connectivity index (χ3v) is 7.34. The van der Waals surface area contributed by atoms with Crippen LogP contribution in [0, 0.1) is 0 Å². The lowest BCUT2D eigenvalue weighted by molar-refractivity contribution is 0.181. The Morgan fingerprint density at radius 1 is 1.00 bits per heavy atom. The first kappa shape index (κ1) is 17.7. The molecule has 0 unspecified atom stereocenters. The molecule has 0 amide bonds. The van der Waals surface area contributed by atoms with Gasteiger partial charge in [-0.1, -0.05) is 48.0 Å². The number of nitrogens with zero attached hydrogens (tertiary/aromatic N) is 2. The van der Waals surface area contributed by atoms with Crippen molar-refractivity contribution in [3.05, 3.63) is 70.3 Å². The van der Waals surface area contributed by atoms with Crippen LogP contribution in [0.25, 0.3) is 6.08 Å². The second kappa shape index (κ2) is 7.16. The molecule has 0 N–H and O–H groups in total.